The summed E-state index contributed by atoms with van der Waals surface area (Å²) in [6, 6.07) is 12.3. The van der Waals surface area contributed by atoms with Crippen molar-refractivity contribution >= 4 is 29.1 Å². The van der Waals surface area contributed by atoms with Gasteiger partial charge in [0.2, 0.25) is 11.8 Å². The molecule has 0 atom stereocenters. The Morgan fingerprint density at radius 1 is 1.00 bits per heavy atom. The van der Waals surface area contributed by atoms with Crippen LogP contribution < -0.4 is 5.32 Å². The van der Waals surface area contributed by atoms with E-state index >= 15 is 0 Å². The second kappa shape index (κ2) is 11.0. The SMILES string of the molecule is CN(Cc1cccc(Cl)c1)C(=O)CN1CCN(CC(=O)Nc2ccccc2C(F)(F)F)CC1. The topological polar surface area (TPSA) is 55.9 Å². The molecular formula is C23H26ClF3N4O2. The van der Waals surface area contributed by atoms with Crippen LogP contribution >= 0.6 is 11.6 Å². The maximum atomic E-state index is 13.1. The molecule has 1 aliphatic heterocycles. The van der Waals surface area contributed by atoms with Crippen LogP contribution in [0.5, 0.6) is 0 Å². The number of amides is 2. The zero-order valence-corrected chi connectivity index (χ0v) is 19.0. The molecule has 0 unspecified atom stereocenters. The van der Waals surface area contributed by atoms with Crippen LogP contribution in [0.2, 0.25) is 5.02 Å². The number of likely N-dealkylation sites (N-methyl/N-ethyl adjacent to an activating group) is 1. The third-order valence-corrected chi connectivity index (χ3v) is 5.67. The number of nitrogens with zero attached hydrogens (tertiary/aromatic N) is 3. The lowest BCUT2D eigenvalue weighted by Crippen LogP contribution is -2.51. The maximum absolute atomic E-state index is 13.1. The summed E-state index contributed by atoms with van der Waals surface area (Å²) in [5, 5.41) is 2.99. The van der Waals surface area contributed by atoms with Gasteiger partial charge >= 0.3 is 6.18 Å². The lowest BCUT2D eigenvalue weighted by atomic mass is 10.1. The number of anilines is 1. The summed E-state index contributed by atoms with van der Waals surface area (Å²) in [6.07, 6.45) is -4.54. The minimum atomic E-state index is -4.54. The third-order valence-electron chi connectivity index (χ3n) is 5.43. The highest BCUT2D eigenvalue weighted by atomic mass is 35.5. The van der Waals surface area contributed by atoms with E-state index in [1.807, 2.05) is 28.0 Å². The standard InChI is InChI=1S/C23H26ClF3N4O2/c1-29(14-17-5-4-6-18(24)13-17)22(33)16-31-11-9-30(10-12-31)15-21(32)28-20-8-3-2-7-19(20)23(25,26)27/h2-8,13H,9-12,14-16H2,1H3,(H,28,32). The summed E-state index contributed by atoms with van der Waals surface area (Å²) >= 11 is 5.99. The Morgan fingerprint density at radius 2 is 1.64 bits per heavy atom. The van der Waals surface area contributed by atoms with Crippen molar-refractivity contribution < 1.29 is 22.8 Å². The van der Waals surface area contributed by atoms with Crippen LogP contribution in [0.25, 0.3) is 0 Å². The molecule has 0 radical (unpaired) electrons. The minimum absolute atomic E-state index is 0.0113. The molecule has 2 amide bonds. The van der Waals surface area contributed by atoms with Crippen LogP contribution in [-0.2, 0) is 22.3 Å². The fourth-order valence-corrected chi connectivity index (χ4v) is 3.86. The van der Waals surface area contributed by atoms with E-state index in [9.17, 15) is 22.8 Å². The van der Waals surface area contributed by atoms with Gasteiger partial charge in [-0.05, 0) is 29.8 Å². The van der Waals surface area contributed by atoms with Crippen LogP contribution in [0, 0.1) is 0 Å². The molecule has 0 aromatic heterocycles. The van der Waals surface area contributed by atoms with E-state index in [4.69, 9.17) is 11.6 Å². The fraction of sp³-hybridized carbons (Fsp3) is 0.391. The number of piperazine rings is 1. The van der Waals surface area contributed by atoms with E-state index in [1.165, 1.54) is 18.2 Å². The molecule has 1 saturated heterocycles. The van der Waals surface area contributed by atoms with E-state index in [1.54, 1.807) is 18.0 Å². The van der Waals surface area contributed by atoms with E-state index < -0.39 is 17.6 Å². The van der Waals surface area contributed by atoms with Crippen molar-refractivity contribution in [2.45, 2.75) is 12.7 Å². The van der Waals surface area contributed by atoms with Crippen molar-refractivity contribution in [1.29, 1.82) is 0 Å². The summed E-state index contributed by atoms with van der Waals surface area (Å²) in [4.78, 5) is 30.4. The van der Waals surface area contributed by atoms with Crippen molar-refractivity contribution in [3.05, 3.63) is 64.7 Å². The van der Waals surface area contributed by atoms with Gasteiger partial charge in [0.1, 0.15) is 0 Å². The first-order valence-electron chi connectivity index (χ1n) is 10.5. The van der Waals surface area contributed by atoms with Gasteiger partial charge in [0.15, 0.2) is 0 Å². The monoisotopic (exact) mass is 482 g/mol. The molecule has 3 rings (SSSR count). The number of para-hydroxylation sites is 1. The normalized spacial score (nSPS) is 15.3. The first kappa shape index (κ1) is 25.0. The summed E-state index contributed by atoms with van der Waals surface area (Å²) in [7, 11) is 1.74. The maximum Gasteiger partial charge on any atom is 0.418 e. The molecule has 0 saturated carbocycles. The first-order chi connectivity index (χ1) is 15.6. The van der Waals surface area contributed by atoms with Gasteiger partial charge in [0, 0.05) is 44.8 Å². The molecule has 6 nitrogen and oxygen atoms in total. The fourth-order valence-electron chi connectivity index (χ4n) is 3.65. The molecule has 2 aromatic carbocycles. The van der Waals surface area contributed by atoms with Gasteiger partial charge in [0.05, 0.1) is 24.3 Å². The Hall–Kier alpha value is -2.62. The molecule has 0 spiro atoms. The smallest absolute Gasteiger partial charge is 0.340 e. The number of carbonyl (C=O) groups is 2. The highest BCUT2D eigenvalue weighted by Crippen LogP contribution is 2.34. The number of carbonyl (C=O) groups excluding carboxylic acids is 2. The lowest BCUT2D eigenvalue weighted by molar-refractivity contribution is -0.137. The van der Waals surface area contributed by atoms with Crippen molar-refractivity contribution in [2.75, 3.05) is 51.6 Å². The first-order valence-corrected chi connectivity index (χ1v) is 10.9. The molecule has 1 aliphatic rings. The van der Waals surface area contributed by atoms with E-state index in [0.717, 1.165) is 11.6 Å². The number of rotatable bonds is 7. The molecule has 10 heteroatoms. The summed E-state index contributed by atoms with van der Waals surface area (Å²) in [5.41, 5.74) is -0.174. The van der Waals surface area contributed by atoms with Crippen LogP contribution in [0.1, 0.15) is 11.1 Å². The molecule has 0 bridgehead atoms. The number of hydrogen-bond acceptors (Lipinski definition) is 4. The second-order valence-electron chi connectivity index (χ2n) is 8.02. The number of halogens is 4. The Bertz CT molecular complexity index is 978. The van der Waals surface area contributed by atoms with Gasteiger partial charge < -0.3 is 10.2 Å². The molecular weight excluding hydrogens is 457 g/mol. The average molecular weight is 483 g/mol. The molecule has 33 heavy (non-hydrogen) atoms. The van der Waals surface area contributed by atoms with Gasteiger partial charge in [-0.2, -0.15) is 13.2 Å². The van der Waals surface area contributed by atoms with E-state index in [-0.39, 0.29) is 24.7 Å². The largest absolute Gasteiger partial charge is 0.418 e. The van der Waals surface area contributed by atoms with E-state index in [2.05, 4.69) is 5.32 Å². The van der Waals surface area contributed by atoms with Crippen molar-refractivity contribution in [3.8, 4) is 0 Å². The number of alkyl halides is 3. The predicted octanol–water partition coefficient (Wildman–Crippen LogP) is 3.57. The Kier molecular flexibility index (Phi) is 8.34. The van der Waals surface area contributed by atoms with Crippen LogP contribution in [0.4, 0.5) is 18.9 Å². The van der Waals surface area contributed by atoms with Gasteiger partial charge in [-0.3, -0.25) is 19.4 Å². The molecule has 2 aromatic rings. The Labute approximate surface area is 195 Å². The summed E-state index contributed by atoms with van der Waals surface area (Å²) in [6.45, 7) is 2.96. The van der Waals surface area contributed by atoms with Gasteiger partial charge in [-0.25, -0.2) is 0 Å². The van der Waals surface area contributed by atoms with Gasteiger partial charge in [0.25, 0.3) is 0 Å². The van der Waals surface area contributed by atoms with Gasteiger partial charge in [-0.1, -0.05) is 35.9 Å². The quantitative estimate of drug-likeness (QED) is 0.655. The van der Waals surface area contributed by atoms with Gasteiger partial charge in [-0.15, -0.1) is 0 Å². The van der Waals surface area contributed by atoms with Crippen LogP contribution in [0.15, 0.2) is 48.5 Å². The zero-order valence-electron chi connectivity index (χ0n) is 18.2. The second-order valence-corrected chi connectivity index (χ2v) is 8.46. The van der Waals surface area contributed by atoms with E-state index in [0.29, 0.717) is 37.7 Å². The summed E-state index contributed by atoms with van der Waals surface area (Å²) < 4.78 is 39.3. The molecule has 0 aliphatic carbocycles. The number of nitrogens with one attached hydrogen (secondary N) is 1. The average Bonchev–Trinajstić information content (AvgIpc) is 2.74. The Balaban J connectivity index is 1.43. The van der Waals surface area contributed by atoms with Crippen molar-refractivity contribution in [2.24, 2.45) is 0 Å². The van der Waals surface area contributed by atoms with Crippen molar-refractivity contribution in [3.63, 3.8) is 0 Å². The third kappa shape index (κ3) is 7.45. The molecule has 1 fully saturated rings. The molecule has 178 valence electrons. The zero-order chi connectivity index (χ0) is 24.0. The summed E-state index contributed by atoms with van der Waals surface area (Å²) in [5.74, 6) is -0.526. The van der Waals surface area contributed by atoms with Crippen molar-refractivity contribution in [1.82, 2.24) is 14.7 Å². The lowest BCUT2D eigenvalue weighted by Gasteiger charge is -2.34. The predicted molar refractivity (Wildman–Crippen MR) is 121 cm³/mol. The Morgan fingerprint density at radius 3 is 2.27 bits per heavy atom. The van der Waals surface area contributed by atoms with Crippen LogP contribution in [-0.4, -0.2) is 72.8 Å². The molecule has 1 heterocycles. The van der Waals surface area contributed by atoms with Crippen LogP contribution in [0.3, 0.4) is 0 Å². The number of benzene rings is 2. The molecule has 1 N–H and O–H groups in total. The highest BCUT2D eigenvalue weighted by Gasteiger charge is 2.33. The minimum Gasteiger partial charge on any atom is -0.340 e. The number of hydrogen-bond donors (Lipinski definition) is 1. The highest BCUT2D eigenvalue weighted by molar-refractivity contribution is 6.30.